The summed E-state index contributed by atoms with van der Waals surface area (Å²) in [4.78, 5) is 24.5. The molecule has 1 aromatic heterocycles. The van der Waals surface area contributed by atoms with E-state index in [9.17, 15) is 9.59 Å². The number of para-hydroxylation sites is 1. The van der Waals surface area contributed by atoms with Crippen LogP contribution in [0.3, 0.4) is 0 Å². The van der Waals surface area contributed by atoms with Crippen molar-refractivity contribution in [3.8, 4) is 11.4 Å². The summed E-state index contributed by atoms with van der Waals surface area (Å²) in [5.41, 5.74) is 3.71. The minimum absolute atomic E-state index is 0.127. The summed E-state index contributed by atoms with van der Waals surface area (Å²) in [6, 6.07) is 16.5. The highest BCUT2D eigenvalue weighted by atomic mass is 16.5. The maximum Gasteiger partial charge on any atom is 0.222 e. The van der Waals surface area contributed by atoms with E-state index in [4.69, 9.17) is 4.74 Å². The van der Waals surface area contributed by atoms with E-state index >= 15 is 0 Å². The van der Waals surface area contributed by atoms with E-state index in [1.807, 2.05) is 73.1 Å². The number of amides is 2. The Morgan fingerprint density at radius 2 is 1.74 bits per heavy atom. The summed E-state index contributed by atoms with van der Waals surface area (Å²) < 4.78 is 7.04. The Kier molecular flexibility index (Phi) is 7.07. The maximum atomic E-state index is 12.8. The molecule has 0 fully saturated rings. The van der Waals surface area contributed by atoms with Gasteiger partial charge in [-0.15, -0.1) is 0 Å². The van der Waals surface area contributed by atoms with Crippen LogP contribution in [0.4, 0.5) is 0 Å². The molecule has 162 valence electrons. The van der Waals surface area contributed by atoms with E-state index < -0.39 is 6.04 Å². The molecule has 0 radical (unpaired) electrons. The second-order valence-electron chi connectivity index (χ2n) is 7.45. The van der Waals surface area contributed by atoms with E-state index in [0.717, 1.165) is 22.5 Å². The third kappa shape index (κ3) is 5.51. The summed E-state index contributed by atoms with van der Waals surface area (Å²) in [7, 11) is 1.59. The quantitative estimate of drug-likeness (QED) is 0.583. The molecule has 0 saturated heterocycles. The van der Waals surface area contributed by atoms with E-state index in [2.05, 4.69) is 15.7 Å². The average Bonchev–Trinajstić information content (AvgIpc) is 3.15. The van der Waals surface area contributed by atoms with Gasteiger partial charge in [0.25, 0.3) is 0 Å². The highest BCUT2D eigenvalue weighted by molar-refractivity contribution is 5.79. The van der Waals surface area contributed by atoms with Gasteiger partial charge in [0.1, 0.15) is 5.75 Å². The van der Waals surface area contributed by atoms with Crippen LogP contribution in [0.15, 0.2) is 60.8 Å². The normalized spacial score (nSPS) is 12.6. The van der Waals surface area contributed by atoms with E-state index in [1.165, 1.54) is 6.92 Å². The van der Waals surface area contributed by atoms with Gasteiger partial charge >= 0.3 is 0 Å². The van der Waals surface area contributed by atoms with Gasteiger partial charge in [-0.2, -0.15) is 5.10 Å². The number of hydrogen-bond acceptors (Lipinski definition) is 4. The van der Waals surface area contributed by atoms with Gasteiger partial charge in [0.2, 0.25) is 11.8 Å². The SMILES string of the molecule is COc1ccc(C(CC(=O)NC(C)c2cnn(-c3ccccc3)c2C)NC(C)=O)cc1. The largest absolute Gasteiger partial charge is 0.497 e. The monoisotopic (exact) mass is 420 g/mol. The van der Waals surface area contributed by atoms with Gasteiger partial charge in [0.05, 0.1) is 37.5 Å². The van der Waals surface area contributed by atoms with Gasteiger partial charge in [-0.3, -0.25) is 9.59 Å². The number of hydrogen-bond donors (Lipinski definition) is 2. The van der Waals surface area contributed by atoms with Crippen molar-refractivity contribution in [2.75, 3.05) is 7.11 Å². The van der Waals surface area contributed by atoms with Crippen LogP contribution in [0.25, 0.3) is 5.69 Å². The van der Waals surface area contributed by atoms with Gasteiger partial charge in [0.15, 0.2) is 0 Å². The lowest BCUT2D eigenvalue weighted by molar-refractivity contribution is -0.123. The minimum Gasteiger partial charge on any atom is -0.497 e. The predicted octanol–water partition coefficient (Wildman–Crippen LogP) is 3.63. The fraction of sp³-hybridized carbons (Fsp3) is 0.292. The lowest BCUT2D eigenvalue weighted by Crippen LogP contribution is -2.33. The number of rotatable bonds is 8. The van der Waals surface area contributed by atoms with Crippen LogP contribution in [-0.4, -0.2) is 28.7 Å². The summed E-state index contributed by atoms with van der Waals surface area (Å²) >= 11 is 0. The van der Waals surface area contributed by atoms with Crippen molar-refractivity contribution in [3.05, 3.63) is 77.6 Å². The molecule has 3 rings (SSSR count). The van der Waals surface area contributed by atoms with Crippen LogP contribution in [0.1, 0.15) is 49.2 Å². The van der Waals surface area contributed by atoms with Crippen molar-refractivity contribution in [1.29, 1.82) is 0 Å². The van der Waals surface area contributed by atoms with Crippen LogP contribution in [0.5, 0.6) is 5.75 Å². The lowest BCUT2D eigenvalue weighted by atomic mass is 10.0. The van der Waals surface area contributed by atoms with Crippen molar-refractivity contribution in [2.24, 2.45) is 0 Å². The molecule has 7 heteroatoms. The van der Waals surface area contributed by atoms with Gasteiger partial charge in [0, 0.05) is 18.2 Å². The maximum absolute atomic E-state index is 12.8. The lowest BCUT2D eigenvalue weighted by Gasteiger charge is -2.20. The smallest absolute Gasteiger partial charge is 0.222 e. The zero-order valence-corrected chi connectivity index (χ0v) is 18.3. The number of ether oxygens (including phenoxy) is 1. The molecule has 0 aliphatic carbocycles. The first-order valence-corrected chi connectivity index (χ1v) is 10.2. The number of methoxy groups -OCH3 is 1. The Labute approximate surface area is 182 Å². The third-order valence-electron chi connectivity index (χ3n) is 5.18. The van der Waals surface area contributed by atoms with Crippen molar-refractivity contribution in [3.63, 3.8) is 0 Å². The van der Waals surface area contributed by atoms with Gasteiger partial charge in [-0.1, -0.05) is 30.3 Å². The van der Waals surface area contributed by atoms with Crippen molar-refractivity contribution >= 4 is 11.8 Å². The van der Waals surface area contributed by atoms with E-state index in [-0.39, 0.29) is 24.3 Å². The molecule has 0 aliphatic heterocycles. The Bertz CT molecular complexity index is 1030. The first-order valence-electron chi connectivity index (χ1n) is 10.2. The molecular formula is C24H28N4O3. The molecule has 0 aliphatic rings. The molecule has 31 heavy (non-hydrogen) atoms. The fourth-order valence-corrected chi connectivity index (χ4v) is 3.57. The molecule has 0 spiro atoms. The molecular weight excluding hydrogens is 392 g/mol. The van der Waals surface area contributed by atoms with Crippen molar-refractivity contribution in [1.82, 2.24) is 20.4 Å². The Hall–Kier alpha value is -3.61. The van der Waals surface area contributed by atoms with Crippen LogP contribution >= 0.6 is 0 Å². The van der Waals surface area contributed by atoms with Crippen LogP contribution in [0.2, 0.25) is 0 Å². The van der Waals surface area contributed by atoms with Crippen LogP contribution in [0, 0.1) is 6.92 Å². The Morgan fingerprint density at radius 3 is 2.35 bits per heavy atom. The second kappa shape index (κ2) is 9.93. The summed E-state index contributed by atoms with van der Waals surface area (Å²) in [5, 5.41) is 10.4. The third-order valence-corrected chi connectivity index (χ3v) is 5.18. The number of nitrogens with one attached hydrogen (secondary N) is 2. The molecule has 3 aromatic rings. The van der Waals surface area contributed by atoms with E-state index in [1.54, 1.807) is 13.3 Å². The number of carbonyl (C=O) groups excluding carboxylic acids is 2. The summed E-state index contributed by atoms with van der Waals surface area (Å²) in [5.74, 6) is 0.366. The molecule has 2 N–H and O–H groups in total. The average molecular weight is 421 g/mol. The standard InChI is InChI=1S/C24H28N4O3/c1-16(22-15-25-28(17(22)2)20-8-6-5-7-9-20)26-24(30)14-23(27-18(3)29)19-10-12-21(31-4)13-11-19/h5-13,15-16,23H,14H2,1-4H3,(H,26,30)(H,27,29). The molecule has 1 heterocycles. The van der Waals surface area contributed by atoms with E-state index in [0.29, 0.717) is 5.75 Å². The Morgan fingerprint density at radius 1 is 1.06 bits per heavy atom. The van der Waals surface area contributed by atoms with Gasteiger partial charge in [-0.25, -0.2) is 4.68 Å². The zero-order valence-electron chi connectivity index (χ0n) is 18.3. The molecule has 7 nitrogen and oxygen atoms in total. The van der Waals surface area contributed by atoms with Gasteiger partial charge in [-0.05, 0) is 43.7 Å². The highest BCUT2D eigenvalue weighted by Crippen LogP contribution is 2.23. The van der Waals surface area contributed by atoms with Gasteiger partial charge < -0.3 is 15.4 Å². The molecule has 2 atom stereocenters. The number of carbonyl (C=O) groups is 2. The molecule has 0 bridgehead atoms. The number of benzene rings is 2. The molecule has 2 amide bonds. The molecule has 0 saturated carbocycles. The molecule has 2 unspecified atom stereocenters. The number of aromatic nitrogens is 2. The second-order valence-corrected chi connectivity index (χ2v) is 7.45. The van der Waals surface area contributed by atoms with Crippen molar-refractivity contribution < 1.29 is 14.3 Å². The summed E-state index contributed by atoms with van der Waals surface area (Å²) in [6.07, 6.45) is 1.91. The predicted molar refractivity (Wildman–Crippen MR) is 119 cm³/mol. The van der Waals surface area contributed by atoms with Crippen LogP contribution < -0.4 is 15.4 Å². The first-order chi connectivity index (χ1) is 14.9. The number of nitrogens with zero attached hydrogens (tertiary/aromatic N) is 2. The summed E-state index contributed by atoms with van der Waals surface area (Å²) in [6.45, 7) is 5.35. The minimum atomic E-state index is -0.427. The van der Waals surface area contributed by atoms with Crippen molar-refractivity contribution in [2.45, 2.75) is 39.3 Å². The molecule has 2 aromatic carbocycles. The van der Waals surface area contributed by atoms with Crippen LogP contribution in [-0.2, 0) is 9.59 Å². The topological polar surface area (TPSA) is 85.2 Å². The fourth-order valence-electron chi connectivity index (χ4n) is 3.57. The zero-order chi connectivity index (χ0) is 22.4. The highest BCUT2D eigenvalue weighted by Gasteiger charge is 2.21. The Balaban J connectivity index is 1.70. The first kappa shape index (κ1) is 22.1.